The average Bonchev–Trinajstić information content (AvgIpc) is 2.96. The molecule has 1 amide bonds. The van der Waals surface area contributed by atoms with Crippen LogP contribution >= 0.6 is 11.3 Å². The summed E-state index contributed by atoms with van der Waals surface area (Å²) in [6.45, 7) is 4.61. The molecule has 3 rings (SSSR count). The van der Waals surface area contributed by atoms with E-state index in [4.69, 9.17) is 4.74 Å². The fraction of sp³-hybridized carbons (Fsp3) is 0.263. The fourth-order valence-corrected chi connectivity index (χ4v) is 3.46. The number of carbonyl (C=O) groups excluding carboxylic acids is 1. The van der Waals surface area contributed by atoms with Crippen LogP contribution in [-0.2, 0) is 11.2 Å². The van der Waals surface area contributed by atoms with Crippen LogP contribution < -0.4 is 10.1 Å². The highest BCUT2D eigenvalue weighted by molar-refractivity contribution is 7.18. The Kier molecular flexibility index (Phi) is 5.11. The summed E-state index contributed by atoms with van der Waals surface area (Å²) < 4.78 is 6.76. The molecule has 0 spiro atoms. The Morgan fingerprint density at radius 2 is 2.04 bits per heavy atom. The third-order valence-electron chi connectivity index (χ3n) is 3.69. The highest BCUT2D eigenvalue weighted by Gasteiger charge is 2.07. The molecular weight excluding hydrogens is 320 g/mol. The zero-order valence-corrected chi connectivity index (χ0v) is 14.7. The lowest BCUT2D eigenvalue weighted by Gasteiger charge is -2.09. The minimum absolute atomic E-state index is 0.0315. The van der Waals surface area contributed by atoms with Crippen LogP contribution in [0.25, 0.3) is 10.2 Å². The first-order valence-corrected chi connectivity index (χ1v) is 8.74. The number of benzene rings is 2. The van der Waals surface area contributed by atoms with E-state index in [-0.39, 0.29) is 12.5 Å². The topological polar surface area (TPSA) is 51.2 Å². The summed E-state index contributed by atoms with van der Waals surface area (Å²) in [7, 11) is 0. The molecule has 24 heavy (non-hydrogen) atoms. The van der Waals surface area contributed by atoms with Gasteiger partial charge in [0.1, 0.15) is 5.75 Å². The number of ether oxygens (including phenoxy) is 1. The van der Waals surface area contributed by atoms with Gasteiger partial charge in [-0.2, -0.15) is 0 Å². The monoisotopic (exact) mass is 340 g/mol. The van der Waals surface area contributed by atoms with Crippen molar-refractivity contribution in [1.29, 1.82) is 0 Å². The molecule has 0 fully saturated rings. The number of aromatic nitrogens is 1. The van der Waals surface area contributed by atoms with Gasteiger partial charge in [-0.25, -0.2) is 4.98 Å². The molecule has 1 N–H and O–H groups in total. The second-order valence-corrected chi connectivity index (χ2v) is 6.85. The predicted molar refractivity (Wildman–Crippen MR) is 97.7 cm³/mol. The Labute approximate surface area is 145 Å². The second-order valence-electron chi connectivity index (χ2n) is 5.73. The minimum Gasteiger partial charge on any atom is -0.484 e. The molecule has 5 heteroatoms. The lowest BCUT2D eigenvalue weighted by Crippen LogP contribution is -2.30. The van der Waals surface area contributed by atoms with E-state index in [0.29, 0.717) is 6.54 Å². The molecule has 0 radical (unpaired) electrons. The number of aryl methyl sites for hydroxylation is 2. The van der Waals surface area contributed by atoms with Gasteiger partial charge in [-0.15, -0.1) is 11.3 Å². The Morgan fingerprint density at radius 1 is 1.21 bits per heavy atom. The van der Waals surface area contributed by atoms with Gasteiger partial charge in [0.15, 0.2) is 6.61 Å². The van der Waals surface area contributed by atoms with Gasteiger partial charge >= 0.3 is 0 Å². The van der Waals surface area contributed by atoms with Crippen LogP contribution in [0.4, 0.5) is 0 Å². The van der Waals surface area contributed by atoms with Crippen LogP contribution in [0.15, 0.2) is 42.5 Å². The Morgan fingerprint density at radius 3 is 2.83 bits per heavy atom. The van der Waals surface area contributed by atoms with Crippen LogP contribution in [-0.4, -0.2) is 24.0 Å². The van der Waals surface area contributed by atoms with E-state index >= 15 is 0 Å². The molecule has 0 atom stereocenters. The van der Waals surface area contributed by atoms with Gasteiger partial charge in [-0.3, -0.25) is 4.79 Å². The van der Waals surface area contributed by atoms with Gasteiger partial charge in [0.2, 0.25) is 0 Å². The summed E-state index contributed by atoms with van der Waals surface area (Å²) in [5.41, 5.74) is 3.24. The van der Waals surface area contributed by atoms with E-state index in [9.17, 15) is 4.79 Å². The van der Waals surface area contributed by atoms with E-state index in [1.54, 1.807) is 11.3 Å². The van der Waals surface area contributed by atoms with Crippen molar-refractivity contribution in [3.8, 4) is 5.75 Å². The Bertz CT molecular complexity index is 824. The quantitative estimate of drug-likeness (QED) is 0.745. The van der Waals surface area contributed by atoms with Gasteiger partial charge in [0.05, 0.1) is 15.2 Å². The van der Waals surface area contributed by atoms with Crippen molar-refractivity contribution in [1.82, 2.24) is 10.3 Å². The van der Waals surface area contributed by atoms with Crippen molar-refractivity contribution in [3.05, 3.63) is 58.6 Å². The molecule has 3 aromatic rings. The van der Waals surface area contributed by atoms with Crippen LogP contribution in [0, 0.1) is 13.8 Å². The van der Waals surface area contributed by atoms with E-state index in [1.807, 2.05) is 50.2 Å². The van der Waals surface area contributed by atoms with Crippen molar-refractivity contribution in [2.24, 2.45) is 0 Å². The van der Waals surface area contributed by atoms with Gasteiger partial charge in [0.25, 0.3) is 5.91 Å². The smallest absolute Gasteiger partial charge is 0.257 e. The number of hydrogen-bond acceptors (Lipinski definition) is 4. The van der Waals surface area contributed by atoms with Gasteiger partial charge in [-0.1, -0.05) is 29.8 Å². The molecule has 0 saturated heterocycles. The maximum atomic E-state index is 11.9. The van der Waals surface area contributed by atoms with Gasteiger partial charge in [-0.05, 0) is 37.6 Å². The number of hydrogen-bond donors (Lipinski definition) is 1. The maximum Gasteiger partial charge on any atom is 0.257 e. The van der Waals surface area contributed by atoms with Crippen LogP contribution in [0.3, 0.4) is 0 Å². The van der Waals surface area contributed by atoms with Crippen molar-refractivity contribution >= 4 is 27.5 Å². The maximum absolute atomic E-state index is 11.9. The van der Waals surface area contributed by atoms with Gasteiger partial charge in [0, 0.05) is 13.0 Å². The zero-order valence-electron chi connectivity index (χ0n) is 13.8. The number of thiazole rings is 1. The number of nitrogens with zero attached hydrogens (tertiary/aromatic N) is 1. The van der Waals surface area contributed by atoms with Crippen LogP contribution in [0.5, 0.6) is 5.75 Å². The largest absolute Gasteiger partial charge is 0.484 e. The highest BCUT2D eigenvalue weighted by Crippen LogP contribution is 2.21. The van der Waals surface area contributed by atoms with Crippen molar-refractivity contribution in [3.63, 3.8) is 0 Å². The standard InChI is InChI=1S/C19H20N2O2S/c1-13-7-8-16(14(2)11-13)23-12-18(22)20-10-9-19-21-15-5-3-4-6-17(15)24-19/h3-8,11H,9-10,12H2,1-2H3,(H,20,22). The summed E-state index contributed by atoms with van der Waals surface area (Å²) in [5.74, 6) is 0.637. The highest BCUT2D eigenvalue weighted by atomic mass is 32.1. The molecule has 2 aromatic carbocycles. The second kappa shape index (κ2) is 7.45. The third kappa shape index (κ3) is 4.11. The number of amides is 1. The fourth-order valence-electron chi connectivity index (χ4n) is 2.49. The molecule has 0 aliphatic heterocycles. The first-order chi connectivity index (χ1) is 11.6. The van der Waals surface area contributed by atoms with E-state index in [0.717, 1.165) is 28.3 Å². The molecule has 124 valence electrons. The lowest BCUT2D eigenvalue weighted by atomic mass is 10.1. The van der Waals surface area contributed by atoms with Gasteiger partial charge < -0.3 is 10.1 Å². The molecule has 0 saturated carbocycles. The predicted octanol–water partition coefficient (Wildman–Crippen LogP) is 3.65. The molecule has 0 aliphatic carbocycles. The van der Waals surface area contributed by atoms with E-state index in [2.05, 4.69) is 16.4 Å². The molecular formula is C19H20N2O2S. The van der Waals surface area contributed by atoms with E-state index in [1.165, 1.54) is 10.3 Å². The summed E-state index contributed by atoms with van der Waals surface area (Å²) in [5, 5.41) is 3.91. The SMILES string of the molecule is Cc1ccc(OCC(=O)NCCc2nc3ccccc3s2)c(C)c1. The molecule has 0 unspecified atom stereocenters. The molecule has 0 bridgehead atoms. The number of nitrogens with one attached hydrogen (secondary N) is 1. The average molecular weight is 340 g/mol. The Balaban J connectivity index is 1.45. The first-order valence-electron chi connectivity index (χ1n) is 7.93. The third-order valence-corrected chi connectivity index (χ3v) is 4.78. The van der Waals surface area contributed by atoms with Crippen LogP contribution in [0.1, 0.15) is 16.1 Å². The normalized spacial score (nSPS) is 10.8. The number of para-hydroxylation sites is 1. The van der Waals surface area contributed by atoms with Crippen molar-refractivity contribution in [2.45, 2.75) is 20.3 Å². The van der Waals surface area contributed by atoms with Crippen molar-refractivity contribution < 1.29 is 9.53 Å². The molecule has 0 aliphatic rings. The summed E-state index contributed by atoms with van der Waals surface area (Å²) in [6, 6.07) is 14.0. The summed E-state index contributed by atoms with van der Waals surface area (Å²) in [6.07, 6.45) is 0.731. The number of fused-ring (bicyclic) bond motifs is 1. The number of carbonyl (C=O) groups is 1. The number of rotatable bonds is 6. The molecule has 1 aromatic heterocycles. The zero-order chi connectivity index (χ0) is 16.9. The molecule has 4 nitrogen and oxygen atoms in total. The summed E-state index contributed by atoms with van der Waals surface area (Å²) in [4.78, 5) is 16.5. The van der Waals surface area contributed by atoms with E-state index < -0.39 is 0 Å². The minimum atomic E-state index is -0.115. The summed E-state index contributed by atoms with van der Waals surface area (Å²) >= 11 is 1.67. The molecule has 1 heterocycles. The van der Waals surface area contributed by atoms with Crippen LogP contribution in [0.2, 0.25) is 0 Å². The lowest BCUT2D eigenvalue weighted by molar-refractivity contribution is -0.123. The van der Waals surface area contributed by atoms with Crippen molar-refractivity contribution in [2.75, 3.05) is 13.2 Å². The first kappa shape index (κ1) is 16.5. The Hall–Kier alpha value is -2.40.